The number of benzene rings is 1. The maximum absolute atomic E-state index is 14.5. The van der Waals surface area contributed by atoms with E-state index in [0.29, 0.717) is 25.7 Å². The van der Waals surface area contributed by atoms with Gasteiger partial charge in [0.1, 0.15) is 23.9 Å². The average molecular weight is 764 g/mol. The quantitative estimate of drug-likeness (QED) is 0.236. The van der Waals surface area contributed by atoms with Gasteiger partial charge in [-0.3, -0.25) is 19.4 Å². The van der Waals surface area contributed by atoms with Crippen molar-refractivity contribution >= 4 is 40.6 Å². The summed E-state index contributed by atoms with van der Waals surface area (Å²) < 4.78 is 24.9. The monoisotopic (exact) mass is 763 g/mol. The number of carbonyl (C=O) groups is 4. The van der Waals surface area contributed by atoms with Crippen LogP contribution in [0.2, 0.25) is 0 Å². The number of esters is 1. The Balaban J connectivity index is 1.56. The fourth-order valence-corrected chi connectivity index (χ4v) is 9.23. The lowest BCUT2D eigenvalue weighted by molar-refractivity contribution is -0.286. The Bertz CT molecular complexity index is 1750. The van der Waals surface area contributed by atoms with Crippen molar-refractivity contribution in [1.29, 1.82) is 0 Å². The Morgan fingerprint density at radius 3 is 2.44 bits per heavy atom. The highest BCUT2D eigenvalue weighted by Crippen LogP contribution is 2.45. The van der Waals surface area contributed by atoms with Gasteiger partial charge in [0, 0.05) is 35.4 Å². The molecule has 55 heavy (non-hydrogen) atoms. The van der Waals surface area contributed by atoms with Crippen molar-refractivity contribution in [2.24, 2.45) is 29.1 Å². The number of likely N-dealkylation sites (N-methyl/N-ethyl adjacent to an activating group) is 1. The molecule has 2 aromatic rings. The van der Waals surface area contributed by atoms with Crippen LogP contribution in [0.1, 0.15) is 93.1 Å². The molecule has 0 unspecified atom stereocenters. The number of cyclic esters (lactones) is 1. The molecule has 3 fully saturated rings. The molecular formula is C43H61N3O9. The molecule has 0 saturated carbocycles. The lowest BCUT2D eigenvalue weighted by Crippen LogP contribution is -2.58. The highest BCUT2D eigenvalue weighted by Gasteiger charge is 2.57. The molecule has 302 valence electrons. The van der Waals surface area contributed by atoms with E-state index < -0.39 is 83.2 Å². The number of rotatable bonds is 8. The van der Waals surface area contributed by atoms with Gasteiger partial charge in [-0.1, -0.05) is 65.0 Å². The van der Waals surface area contributed by atoms with E-state index in [1.807, 2.05) is 76.3 Å². The summed E-state index contributed by atoms with van der Waals surface area (Å²) in [5.41, 5.74) is -0.359. The molecule has 3 aliphatic heterocycles. The second-order valence-corrected chi connectivity index (χ2v) is 16.9. The van der Waals surface area contributed by atoms with Crippen LogP contribution < -0.4 is 5.32 Å². The zero-order valence-electron chi connectivity index (χ0n) is 34.1. The molecule has 4 heterocycles. The standard InChI is InChI=1S/C43H61N3O9/c1-11-33-43(8)37(45-41(51)55-43)26(4)34(47)24(2)22-42(7,19-15-14-16-29-21-30-17-12-13-18-31(30)44-23-29)38(27(5)35(48)28(6)39(50)53-33)54-40-36(49)32(46(9)10)20-25(3)52-40/h12-14,16-18,21,23-28,32-33,36-38,40,49H,11,15,19-20,22H2,1-10H3,(H,45,51)/b16-14+/t24-,25-,26+,27+,28-,32+,33-,36-,37-,38-,40+,42+,43-/m1/s1. The van der Waals surface area contributed by atoms with E-state index in [-0.39, 0.29) is 24.3 Å². The first-order valence-corrected chi connectivity index (χ1v) is 19.8. The second kappa shape index (κ2) is 17.2. The lowest BCUT2D eigenvalue weighted by atomic mass is 9.66. The van der Waals surface area contributed by atoms with Crippen molar-refractivity contribution in [3.05, 3.63) is 48.2 Å². The van der Waals surface area contributed by atoms with Crippen LogP contribution >= 0.6 is 0 Å². The van der Waals surface area contributed by atoms with Crippen molar-refractivity contribution in [1.82, 2.24) is 15.2 Å². The van der Waals surface area contributed by atoms with Crippen molar-refractivity contribution in [3.8, 4) is 0 Å². The number of aliphatic hydroxyl groups is 1. The first kappa shape index (κ1) is 42.4. The van der Waals surface area contributed by atoms with Crippen LogP contribution in [0, 0.1) is 29.1 Å². The van der Waals surface area contributed by atoms with Crippen LogP contribution in [-0.4, -0.2) is 101 Å². The van der Waals surface area contributed by atoms with Gasteiger partial charge in [0.05, 0.1) is 23.8 Å². The number of alkyl carbamates (subject to hydrolysis) is 1. The van der Waals surface area contributed by atoms with Crippen molar-refractivity contribution in [3.63, 3.8) is 0 Å². The van der Waals surface area contributed by atoms with E-state index in [4.69, 9.17) is 18.9 Å². The fourth-order valence-electron chi connectivity index (χ4n) is 9.23. The number of nitrogens with zero attached hydrogens (tertiary/aromatic N) is 2. The average Bonchev–Trinajstić information content (AvgIpc) is 3.47. The molecule has 3 aliphatic rings. The molecule has 0 spiro atoms. The zero-order chi connectivity index (χ0) is 40.4. The van der Waals surface area contributed by atoms with Gasteiger partial charge in [-0.25, -0.2) is 4.79 Å². The summed E-state index contributed by atoms with van der Waals surface area (Å²) in [6, 6.07) is 8.94. The molecule has 1 amide bonds. The fraction of sp³-hybridized carbons (Fsp3) is 0.651. The van der Waals surface area contributed by atoms with Crippen LogP contribution in [0.15, 0.2) is 42.6 Å². The van der Waals surface area contributed by atoms with Gasteiger partial charge in [0.15, 0.2) is 17.7 Å². The molecule has 13 atom stereocenters. The minimum atomic E-state index is -1.35. The minimum Gasteiger partial charge on any atom is -0.458 e. The van der Waals surface area contributed by atoms with Gasteiger partial charge < -0.3 is 34.3 Å². The number of nitrogens with one attached hydrogen (secondary N) is 1. The SMILES string of the molecule is CC[C@H]1OC(=O)[C@H](C)C(=O)[C@H](C)[C@@H](O[C@@H]2O[C@H](C)C[C@H](N(C)C)[C@H]2O)[C@@](C)(CC/C=C/c2cnc3ccccc3c2)C[C@@H](C)C(=O)[C@H](C)[C@H]2NC(=O)O[C@@]21C. The van der Waals surface area contributed by atoms with Gasteiger partial charge >= 0.3 is 12.1 Å². The van der Waals surface area contributed by atoms with Crippen molar-refractivity contribution < 1.29 is 43.2 Å². The van der Waals surface area contributed by atoms with E-state index in [9.17, 15) is 24.3 Å². The first-order valence-electron chi connectivity index (χ1n) is 19.8. The number of aliphatic hydroxyl groups excluding tert-OH is 1. The smallest absolute Gasteiger partial charge is 0.408 e. The number of carbonyl (C=O) groups excluding carboxylic acids is 4. The molecule has 12 nitrogen and oxygen atoms in total. The molecule has 2 N–H and O–H groups in total. The Hall–Kier alpha value is -3.71. The first-order chi connectivity index (χ1) is 25.9. The Morgan fingerprint density at radius 2 is 1.75 bits per heavy atom. The molecule has 1 aromatic carbocycles. The molecule has 5 rings (SSSR count). The largest absolute Gasteiger partial charge is 0.458 e. The topological polar surface area (TPSA) is 154 Å². The van der Waals surface area contributed by atoms with Gasteiger partial charge in [-0.05, 0) is 90.1 Å². The molecule has 12 heteroatoms. The predicted molar refractivity (Wildman–Crippen MR) is 209 cm³/mol. The third-order valence-corrected chi connectivity index (χ3v) is 12.4. The molecule has 0 aliphatic carbocycles. The Kier molecular flexibility index (Phi) is 13.3. The number of para-hydroxylation sites is 1. The van der Waals surface area contributed by atoms with E-state index >= 15 is 0 Å². The van der Waals surface area contributed by atoms with E-state index in [2.05, 4.69) is 22.4 Å². The molecule has 1 aromatic heterocycles. The number of allylic oxidation sites excluding steroid dienone is 1. The highest BCUT2D eigenvalue weighted by atomic mass is 16.7. The number of fused-ring (bicyclic) bond motifs is 2. The molecule has 0 radical (unpaired) electrons. The zero-order valence-corrected chi connectivity index (χ0v) is 34.1. The van der Waals surface area contributed by atoms with Crippen LogP contribution in [0.25, 0.3) is 17.0 Å². The molecule has 3 saturated heterocycles. The third kappa shape index (κ3) is 8.98. The maximum atomic E-state index is 14.5. The number of hydrogen-bond donors (Lipinski definition) is 2. The predicted octanol–water partition coefficient (Wildman–Crippen LogP) is 6.12. The number of ketones is 2. The number of pyridine rings is 1. The summed E-state index contributed by atoms with van der Waals surface area (Å²) in [6.07, 6.45) is 3.30. The van der Waals surface area contributed by atoms with Crippen molar-refractivity contribution in [2.75, 3.05) is 14.1 Å². The van der Waals surface area contributed by atoms with E-state index in [1.54, 1.807) is 27.7 Å². The van der Waals surface area contributed by atoms with E-state index in [0.717, 1.165) is 16.5 Å². The minimum absolute atomic E-state index is 0.106. The Labute approximate surface area is 325 Å². The lowest BCUT2D eigenvalue weighted by Gasteiger charge is -2.47. The van der Waals surface area contributed by atoms with Crippen LogP contribution in [0.4, 0.5) is 4.79 Å². The van der Waals surface area contributed by atoms with Gasteiger partial charge in [-0.15, -0.1) is 0 Å². The van der Waals surface area contributed by atoms with Crippen molar-refractivity contribution in [2.45, 2.75) is 136 Å². The van der Waals surface area contributed by atoms with Gasteiger partial charge in [0.25, 0.3) is 0 Å². The maximum Gasteiger partial charge on any atom is 0.408 e. The van der Waals surface area contributed by atoms with Crippen LogP contribution in [0.5, 0.6) is 0 Å². The molecule has 0 bridgehead atoms. The summed E-state index contributed by atoms with van der Waals surface area (Å²) in [5.74, 6) is -4.56. The number of ether oxygens (including phenoxy) is 4. The van der Waals surface area contributed by atoms with Gasteiger partial charge in [0.2, 0.25) is 0 Å². The summed E-state index contributed by atoms with van der Waals surface area (Å²) >= 11 is 0. The summed E-state index contributed by atoms with van der Waals surface area (Å²) in [5, 5.41) is 15.5. The number of hydrogen-bond acceptors (Lipinski definition) is 11. The molecular weight excluding hydrogens is 702 g/mol. The normalized spacial score (nSPS) is 38.1. The second-order valence-electron chi connectivity index (χ2n) is 16.9. The summed E-state index contributed by atoms with van der Waals surface area (Å²) in [4.78, 5) is 62.1. The number of amides is 1. The Morgan fingerprint density at radius 1 is 1.04 bits per heavy atom. The third-order valence-electron chi connectivity index (χ3n) is 12.4. The number of aromatic nitrogens is 1. The summed E-state index contributed by atoms with van der Waals surface area (Å²) in [7, 11) is 3.79. The highest BCUT2D eigenvalue weighted by molar-refractivity contribution is 6.00. The summed E-state index contributed by atoms with van der Waals surface area (Å²) in [6.45, 7) is 14.3. The van der Waals surface area contributed by atoms with Crippen LogP contribution in [-0.2, 0) is 33.3 Å². The number of Topliss-reactive ketones (excluding diaryl/α,β-unsaturated/α-hetero) is 2. The van der Waals surface area contributed by atoms with Crippen LogP contribution in [0.3, 0.4) is 0 Å². The van der Waals surface area contributed by atoms with E-state index in [1.165, 1.54) is 6.92 Å². The van der Waals surface area contributed by atoms with Gasteiger partial charge in [-0.2, -0.15) is 0 Å².